The van der Waals surface area contributed by atoms with Gasteiger partial charge in [0.2, 0.25) is 0 Å². The van der Waals surface area contributed by atoms with Crippen molar-refractivity contribution < 1.29 is 9.47 Å². The maximum atomic E-state index is 5.73. The molecule has 0 atom stereocenters. The Bertz CT molecular complexity index is 205. The minimum Gasteiger partial charge on any atom is -0.380 e. The molecule has 0 aromatic heterocycles. The van der Waals surface area contributed by atoms with Gasteiger partial charge in [0.1, 0.15) is 0 Å². The van der Waals surface area contributed by atoms with E-state index in [4.69, 9.17) is 9.47 Å². The fourth-order valence-corrected chi connectivity index (χ4v) is 2.81. The second-order valence-corrected chi connectivity index (χ2v) is 6.25. The van der Waals surface area contributed by atoms with Crippen molar-refractivity contribution in [1.82, 2.24) is 4.90 Å². The molecular weight excluding hydrogens is 262 g/mol. The lowest BCUT2D eigenvalue weighted by Gasteiger charge is -2.26. The fraction of sp³-hybridized carbons (Fsp3) is 1.00. The van der Waals surface area contributed by atoms with Crippen LogP contribution in [0.1, 0.15) is 71.1 Å². The first kappa shape index (κ1) is 18.9. The van der Waals surface area contributed by atoms with Crippen molar-refractivity contribution in [2.75, 3.05) is 46.1 Å². The van der Waals surface area contributed by atoms with E-state index in [1.807, 2.05) is 0 Å². The molecule has 1 fully saturated rings. The lowest BCUT2D eigenvalue weighted by atomic mass is 10.1. The van der Waals surface area contributed by atoms with Crippen molar-refractivity contribution in [2.45, 2.75) is 71.1 Å². The number of hydrogen-bond donors (Lipinski definition) is 0. The van der Waals surface area contributed by atoms with Crippen LogP contribution in [0.2, 0.25) is 0 Å². The Balaban J connectivity index is 1.69. The number of nitrogens with zero attached hydrogens (tertiary/aromatic N) is 1. The van der Waals surface area contributed by atoms with E-state index in [1.54, 1.807) is 0 Å². The van der Waals surface area contributed by atoms with Crippen molar-refractivity contribution >= 4 is 0 Å². The van der Waals surface area contributed by atoms with E-state index in [9.17, 15) is 0 Å². The summed E-state index contributed by atoms with van der Waals surface area (Å²) in [7, 11) is 0. The van der Waals surface area contributed by atoms with Gasteiger partial charge in [-0.25, -0.2) is 0 Å². The third-order valence-electron chi connectivity index (χ3n) is 4.30. The van der Waals surface area contributed by atoms with E-state index in [-0.39, 0.29) is 0 Å². The Kier molecular flexibility index (Phi) is 13.3. The van der Waals surface area contributed by atoms with Crippen LogP contribution in [0, 0.1) is 0 Å². The second kappa shape index (κ2) is 14.8. The predicted octanol–water partition coefficient (Wildman–Crippen LogP) is 4.26. The molecule has 0 aromatic carbocycles. The molecule has 0 unspecified atom stereocenters. The SMILES string of the molecule is CCCCCCCCCCCCOCCN1CCOCC1. The highest BCUT2D eigenvalue weighted by atomic mass is 16.5. The molecule has 3 heteroatoms. The van der Waals surface area contributed by atoms with Gasteiger partial charge in [0, 0.05) is 26.2 Å². The molecule has 0 spiro atoms. The summed E-state index contributed by atoms with van der Waals surface area (Å²) in [6, 6.07) is 0. The summed E-state index contributed by atoms with van der Waals surface area (Å²) < 4.78 is 11.1. The van der Waals surface area contributed by atoms with E-state index >= 15 is 0 Å². The average Bonchev–Trinajstić information content (AvgIpc) is 2.53. The number of hydrogen-bond acceptors (Lipinski definition) is 3. The van der Waals surface area contributed by atoms with Crippen LogP contribution < -0.4 is 0 Å². The molecular formula is C18H37NO2. The number of morpholine rings is 1. The van der Waals surface area contributed by atoms with E-state index < -0.39 is 0 Å². The molecule has 0 radical (unpaired) electrons. The largest absolute Gasteiger partial charge is 0.380 e. The van der Waals surface area contributed by atoms with Gasteiger partial charge in [0.05, 0.1) is 19.8 Å². The van der Waals surface area contributed by atoms with Crippen LogP contribution in [0.4, 0.5) is 0 Å². The van der Waals surface area contributed by atoms with Crippen molar-refractivity contribution in [3.63, 3.8) is 0 Å². The van der Waals surface area contributed by atoms with E-state index in [1.165, 1.54) is 64.2 Å². The molecule has 0 bridgehead atoms. The average molecular weight is 299 g/mol. The summed E-state index contributed by atoms with van der Waals surface area (Å²) in [5, 5.41) is 0. The number of unbranched alkanes of at least 4 members (excludes halogenated alkanes) is 9. The molecule has 1 rings (SSSR count). The molecule has 0 saturated carbocycles. The molecule has 126 valence electrons. The first-order chi connectivity index (χ1) is 10.4. The minimum atomic E-state index is 0.886. The van der Waals surface area contributed by atoms with Crippen LogP contribution in [0.15, 0.2) is 0 Å². The van der Waals surface area contributed by atoms with Gasteiger partial charge in [-0.3, -0.25) is 4.90 Å². The van der Waals surface area contributed by atoms with Crippen molar-refractivity contribution in [3.8, 4) is 0 Å². The Hall–Kier alpha value is -0.120. The highest BCUT2D eigenvalue weighted by Crippen LogP contribution is 2.10. The van der Waals surface area contributed by atoms with Crippen molar-refractivity contribution in [3.05, 3.63) is 0 Å². The zero-order chi connectivity index (χ0) is 15.0. The summed E-state index contributed by atoms with van der Waals surface area (Å²) in [6.45, 7) is 9.10. The van der Waals surface area contributed by atoms with E-state index in [2.05, 4.69) is 11.8 Å². The third kappa shape index (κ3) is 12.1. The highest BCUT2D eigenvalue weighted by Gasteiger charge is 2.08. The zero-order valence-corrected chi connectivity index (χ0v) is 14.3. The molecule has 3 nitrogen and oxygen atoms in total. The van der Waals surface area contributed by atoms with Gasteiger partial charge >= 0.3 is 0 Å². The first-order valence-corrected chi connectivity index (χ1v) is 9.31. The topological polar surface area (TPSA) is 21.7 Å². The highest BCUT2D eigenvalue weighted by molar-refractivity contribution is 4.60. The molecule has 0 amide bonds. The molecule has 1 heterocycles. The molecule has 0 aliphatic carbocycles. The van der Waals surface area contributed by atoms with E-state index in [0.717, 1.165) is 46.1 Å². The maximum absolute atomic E-state index is 5.73. The van der Waals surface area contributed by atoms with Crippen LogP contribution in [-0.2, 0) is 9.47 Å². The van der Waals surface area contributed by atoms with Gasteiger partial charge in [-0.15, -0.1) is 0 Å². The maximum Gasteiger partial charge on any atom is 0.0594 e. The predicted molar refractivity (Wildman–Crippen MR) is 89.9 cm³/mol. The lowest BCUT2D eigenvalue weighted by Crippen LogP contribution is -2.38. The first-order valence-electron chi connectivity index (χ1n) is 9.31. The van der Waals surface area contributed by atoms with Gasteiger partial charge in [-0.05, 0) is 6.42 Å². The normalized spacial score (nSPS) is 16.4. The monoisotopic (exact) mass is 299 g/mol. The lowest BCUT2D eigenvalue weighted by molar-refractivity contribution is 0.0200. The molecule has 0 aromatic rings. The van der Waals surface area contributed by atoms with Gasteiger partial charge < -0.3 is 9.47 Å². The minimum absolute atomic E-state index is 0.886. The van der Waals surface area contributed by atoms with Crippen molar-refractivity contribution in [2.24, 2.45) is 0 Å². The van der Waals surface area contributed by atoms with Crippen LogP contribution >= 0.6 is 0 Å². The van der Waals surface area contributed by atoms with Gasteiger partial charge in [0.15, 0.2) is 0 Å². The van der Waals surface area contributed by atoms with Crippen LogP contribution in [0.3, 0.4) is 0 Å². The molecule has 21 heavy (non-hydrogen) atoms. The Morgan fingerprint density at radius 3 is 1.95 bits per heavy atom. The summed E-state index contributed by atoms with van der Waals surface area (Å²) in [5.74, 6) is 0. The van der Waals surface area contributed by atoms with Crippen molar-refractivity contribution in [1.29, 1.82) is 0 Å². The Labute approximate surface area is 132 Å². The fourth-order valence-electron chi connectivity index (χ4n) is 2.81. The van der Waals surface area contributed by atoms with Crippen LogP contribution in [0.25, 0.3) is 0 Å². The molecule has 1 aliphatic rings. The molecule has 0 N–H and O–H groups in total. The third-order valence-corrected chi connectivity index (χ3v) is 4.30. The standard InChI is InChI=1S/C18H37NO2/c1-2-3-4-5-6-7-8-9-10-11-15-20-16-12-19-13-17-21-18-14-19/h2-18H2,1H3. The van der Waals surface area contributed by atoms with Crippen LogP contribution in [0.5, 0.6) is 0 Å². The Morgan fingerprint density at radius 2 is 1.33 bits per heavy atom. The molecule has 1 aliphatic heterocycles. The van der Waals surface area contributed by atoms with Gasteiger partial charge in [-0.1, -0.05) is 64.7 Å². The zero-order valence-electron chi connectivity index (χ0n) is 14.3. The quantitative estimate of drug-likeness (QED) is 0.447. The summed E-state index contributed by atoms with van der Waals surface area (Å²) in [4.78, 5) is 2.43. The van der Waals surface area contributed by atoms with Gasteiger partial charge in [-0.2, -0.15) is 0 Å². The summed E-state index contributed by atoms with van der Waals surface area (Å²) in [6.07, 6.45) is 13.9. The Morgan fingerprint density at radius 1 is 0.762 bits per heavy atom. The van der Waals surface area contributed by atoms with Crippen LogP contribution in [-0.4, -0.2) is 51.0 Å². The number of ether oxygens (including phenoxy) is 2. The number of rotatable bonds is 14. The van der Waals surface area contributed by atoms with E-state index in [0.29, 0.717) is 0 Å². The molecule has 1 saturated heterocycles. The second-order valence-electron chi connectivity index (χ2n) is 6.25. The summed E-state index contributed by atoms with van der Waals surface area (Å²) >= 11 is 0. The summed E-state index contributed by atoms with van der Waals surface area (Å²) in [5.41, 5.74) is 0. The smallest absolute Gasteiger partial charge is 0.0594 e. The van der Waals surface area contributed by atoms with Gasteiger partial charge in [0.25, 0.3) is 0 Å².